The average Bonchev–Trinajstić information content (AvgIpc) is 2.61. The van der Waals surface area contributed by atoms with Gasteiger partial charge in [0.2, 0.25) is 0 Å². The number of hydrogen-bond donors (Lipinski definition) is 2. The number of hydrogen-bond acceptors (Lipinski definition) is 3. The summed E-state index contributed by atoms with van der Waals surface area (Å²) in [5.74, 6) is 1.46. The fourth-order valence-corrected chi connectivity index (χ4v) is 2.85. The van der Waals surface area contributed by atoms with Crippen molar-refractivity contribution in [3.8, 4) is 11.5 Å². The van der Waals surface area contributed by atoms with Crippen molar-refractivity contribution in [3.63, 3.8) is 0 Å². The number of nitrogens with one attached hydrogen (secondary N) is 2. The second kappa shape index (κ2) is 7.05. The zero-order valence-electron chi connectivity index (χ0n) is 14.8. The monoisotopic (exact) mass is 340 g/mol. The fourth-order valence-electron chi connectivity index (χ4n) is 2.85. The van der Waals surface area contributed by atoms with Crippen molar-refractivity contribution >= 4 is 6.03 Å². The number of ether oxygens (including phenoxy) is 2. The molecule has 2 amide bonds. The minimum Gasteiger partial charge on any atom is -0.486 e. The lowest BCUT2D eigenvalue weighted by atomic mass is 9.94. The molecule has 0 saturated heterocycles. The molecule has 2 N–H and O–H groups in total. The number of carbonyl (C=O) groups is 1. The zero-order chi connectivity index (χ0) is 17.9. The number of rotatable bonds is 4. The van der Waals surface area contributed by atoms with Gasteiger partial charge >= 0.3 is 6.03 Å². The lowest BCUT2D eigenvalue weighted by Gasteiger charge is -2.29. The van der Waals surface area contributed by atoms with Crippen molar-refractivity contribution in [2.45, 2.75) is 32.4 Å². The summed E-state index contributed by atoms with van der Waals surface area (Å²) in [4.78, 5) is 12.4. The summed E-state index contributed by atoms with van der Waals surface area (Å²) in [6.45, 7) is 7.00. The highest BCUT2D eigenvalue weighted by Gasteiger charge is 2.25. The third-order valence-electron chi connectivity index (χ3n) is 4.34. The molecule has 0 bridgehead atoms. The second-order valence-corrected chi connectivity index (χ2v) is 6.71. The number of carbonyl (C=O) groups excluding carboxylic acids is 1. The average molecular weight is 340 g/mol. The van der Waals surface area contributed by atoms with Crippen LogP contribution >= 0.6 is 0 Å². The Morgan fingerprint density at radius 3 is 2.44 bits per heavy atom. The van der Waals surface area contributed by atoms with Crippen LogP contribution in [0.5, 0.6) is 11.5 Å². The summed E-state index contributed by atoms with van der Waals surface area (Å²) in [5.41, 5.74) is 1.48. The Morgan fingerprint density at radius 2 is 1.72 bits per heavy atom. The van der Waals surface area contributed by atoms with Crippen LogP contribution in [-0.4, -0.2) is 19.2 Å². The van der Waals surface area contributed by atoms with E-state index < -0.39 is 5.54 Å². The van der Waals surface area contributed by atoms with Gasteiger partial charge in [-0.05, 0) is 44.0 Å². The van der Waals surface area contributed by atoms with Gasteiger partial charge in [0.15, 0.2) is 11.5 Å². The van der Waals surface area contributed by atoms with Crippen molar-refractivity contribution in [2.75, 3.05) is 13.2 Å². The predicted molar refractivity (Wildman–Crippen MR) is 97.0 cm³/mol. The topological polar surface area (TPSA) is 59.6 Å². The standard InChI is InChI=1S/C20H24N2O3/c1-14(15-7-5-4-6-8-15)21-19(23)22-20(2,3)16-9-10-17-18(13-16)25-12-11-24-17/h4-10,13-14H,11-12H2,1-3H3,(H2,21,22,23). The van der Waals surface area contributed by atoms with E-state index in [-0.39, 0.29) is 12.1 Å². The first kappa shape index (κ1) is 17.1. The summed E-state index contributed by atoms with van der Waals surface area (Å²) in [6.07, 6.45) is 0. The van der Waals surface area contributed by atoms with Crippen molar-refractivity contribution in [1.29, 1.82) is 0 Å². The fraction of sp³-hybridized carbons (Fsp3) is 0.350. The third kappa shape index (κ3) is 4.05. The first-order valence-corrected chi connectivity index (χ1v) is 8.49. The third-order valence-corrected chi connectivity index (χ3v) is 4.34. The van der Waals surface area contributed by atoms with Crippen LogP contribution < -0.4 is 20.1 Å². The maximum absolute atomic E-state index is 12.4. The van der Waals surface area contributed by atoms with Crippen LogP contribution in [0, 0.1) is 0 Å². The van der Waals surface area contributed by atoms with Gasteiger partial charge in [-0.1, -0.05) is 36.4 Å². The van der Waals surface area contributed by atoms with Gasteiger partial charge in [-0.2, -0.15) is 0 Å². The molecule has 0 fully saturated rings. The van der Waals surface area contributed by atoms with E-state index in [1.165, 1.54) is 0 Å². The number of amides is 2. The lowest BCUT2D eigenvalue weighted by Crippen LogP contribution is -2.47. The predicted octanol–water partition coefficient (Wildman–Crippen LogP) is 3.75. The minimum atomic E-state index is -0.545. The number of benzene rings is 2. The molecule has 2 aromatic rings. The van der Waals surface area contributed by atoms with E-state index in [0.29, 0.717) is 13.2 Å². The van der Waals surface area contributed by atoms with Gasteiger partial charge in [0.05, 0.1) is 11.6 Å². The molecule has 3 rings (SSSR count). The molecule has 1 heterocycles. The molecule has 0 aliphatic carbocycles. The Balaban J connectivity index is 1.67. The molecule has 132 valence electrons. The van der Waals surface area contributed by atoms with Crippen molar-refractivity contribution < 1.29 is 14.3 Å². The van der Waals surface area contributed by atoms with Crippen molar-refractivity contribution in [3.05, 3.63) is 59.7 Å². The normalized spacial score (nSPS) is 14.5. The zero-order valence-corrected chi connectivity index (χ0v) is 14.8. The van der Waals surface area contributed by atoms with Crippen LogP contribution in [0.3, 0.4) is 0 Å². The van der Waals surface area contributed by atoms with E-state index >= 15 is 0 Å². The largest absolute Gasteiger partial charge is 0.486 e. The van der Waals surface area contributed by atoms with Gasteiger partial charge in [-0.3, -0.25) is 0 Å². The minimum absolute atomic E-state index is 0.0720. The van der Waals surface area contributed by atoms with E-state index in [2.05, 4.69) is 10.6 Å². The van der Waals surface area contributed by atoms with Crippen LogP contribution in [0.15, 0.2) is 48.5 Å². The summed E-state index contributed by atoms with van der Waals surface area (Å²) in [5, 5.41) is 6.01. The van der Waals surface area contributed by atoms with Crippen molar-refractivity contribution in [1.82, 2.24) is 10.6 Å². The Hall–Kier alpha value is -2.69. The molecule has 0 radical (unpaired) electrons. The van der Waals surface area contributed by atoms with Crippen LogP contribution in [0.1, 0.15) is 37.9 Å². The maximum atomic E-state index is 12.4. The molecule has 25 heavy (non-hydrogen) atoms. The smallest absolute Gasteiger partial charge is 0.315 e. The van der Waals surface area contributed by atoms with Crippen LogP contribution in [-0.2, 0) is 5.54 Å². The second-order valence-electron chi connectivity index (χ2n) is 6.71. The molecule has 5 heteroatoms. The number of urea groups is 1. The lowest BCUT2D eigenvalue weighted by molar-refractivity contribution is 0.171. The molecule has 1 aliphatic heterocycles. The maximum Gasteiger partial charge on any atom is 0.315 e. The highest BCUT2D eigenvalue weighted by Crippen LogP contribution is 2.34. The van der Waals surface area contributed by atoms with E-state index in [0.717, 1.165) is 22.6 Å². The number of fused-ring (bicyclic) bond motifs is 1. The van der Waals surface area contributed by atoms with Gasteiger partial charge in [0.25, 0.3) is 0 Å². The van der Waals surface area contributed by atoms with E-state index in [1.54, 1.807) is 0 Å². The quantitative estimate of drug-likeness (QED) is 0.891. The first-order valence-electron chi connectivity index (χ1n) is 8.49. The summed E-state index contributed by atoms with van der Waals surface area (Å²) in [6, 6.07) is 15.4. The summed E-state index contributed by atoms with van der Waals surface area (Å²) in [7, 11) is 0. The molecule has 1 aliphatic rings. The molecule has 1 unspecified atom stereocenters. The Kier molecular flexibility index (Phi) is 4.83. The van der Waals surface area contributed by atoms with E-state index in [9.17, 15) is 4.79 Å². The molecule has 0 saturated carbocycles. The molecule has 1 atom stereocenters. The Morgan fingerprint density at radius 1 is 1.04 bits per heavy atom. The van der Waals surface area contributed by atoms with E-state index in [4.69, 9.17) is 9.47 Å². The van der Waals surface area contributed by atoms with Crippen LogP contribution in [0.25, 0.3) is 0 Å². The van der Waals surface area contributed by atoms with Crippen LogP contribution in [0.2, 0.25) is 0 Å². The molecule has 0 spiro atoms. The molecule has 0 aromatic heterocycles. The van der Waals surface area contributed by atoms with Crippen molar-refractivity contribution in [2.24, 2.45) is 0 Å². The van der Waals surface area contributed by atoms with E-state index in [1.807, 2.05) is 69.3 Å². The summed E-state index contributed by atoms with van der Waals surface area (Å²) < 4.78 is 11.2. The van der Waals surface area contributed by atoms with Gasteiger partial charge in [-0.15, -0.1) is 0 Å². The Bertz CT molecular complexity index is 744. The highest BCUT2D eigenvalue weighted by atomic mass is 16.6. The Labute approximate surface area is 148 Å². The summed E-state index contributed by atoms with van der Waals surface area (Å²) >= 11 is 0. The van der Waals surface area contributed by atoms with Crippen LogP contribution in [0.4, 0.5) is 4.79 Å². The highest BCUT2D eigenvalue weighted by molar-refractivity contribution is 5.75. The first-order chi connectivity index (χ1) is 12.0. The van der Waals surface area contributed by atoms with Gasteiger partial charge in [0.1, 0.15) is 13.2 Å². The van der Waals surface area contributed by atoms with Gasteiger partial charge < -0.3 is 20.1 Å². The molecular formula is C20H24N2O3. The van der Waals surface area contributed by atoms with Gasteiger partial charge in [-0.25, -0.2) is 4.79 Å². The molecular weight excluding hydrogens is 316 g/mol. The molecule has 2 aromatic carbocycles. The van der Waals surface area contributed by atoms with Gasteiger partial charge in [0, 0.05) is 0 Å². The SMILES string of the molecule is CC(NC(=O)NC(C)(C)c1ccc2c(c1)OCCO2)c1ccccc1. The molecule has 5 nitrogen and oxygen atoms in total.